The highest BCUT2D eigenvalue weighted by atomic mass is 79.9. The molecule has 0 atom stereocenters. The van der Waals surface area contributed by atoms with Gasteiger partial charge in [0.2, 0.25) is 0 Å². The lowest BCUT2D eigenvalue weighted by Gasteiger charge is -2.06. The van der Waals surface area contributed by atoms with Gasteiger partial charge in [-0.3, -0.25) is 0 Å². The van der Waals surface area contributed by atoms with E-state index in [9.17, 15) is 4.79 Å². The molecule has 2 aromatic carbocycles. The first-order valence-electron chi connectivity index (χ1n) is 7.61. The third-order valence-corrected chi connectivity index (χ3v) is 3.67. The molecule has 0 saturated carbocycles. The van der Waals surface area contributed by atoms with Gasteiger partial charge >= 0.3 is 5.97 Å². The van der Waals surface area contributed by atoms with Crippen LogP contribution in [0, 0.1) is 23.7 Å². The summed E-state index contributed by atoms with van der Waals surface area (Å²) in [6.45, 7) is 0. The highest BCUT2D eigenvalue weighted by Crippen LogP contribution is 2.20. The van der Waals surface area contributed by atoms with E-state index < -0.39 is 5.97 Å². The molecular formula is C21H17BrO3. The Morgan fingerprint density at radius 2 is 1.68 bits per heavy atom. The standard InChI is InChI=1S/C21H17BrO3/c1-24-20-15-18(11-12-19(20)21(23)25-2)10-9-17-8-5-7-16(14-17)6-3-4-13-22/h5,7-8,11-12,14-15H,4,13H2,1-2H3. The quantitative estimate of drug-likeness (QED) is 0.446. The highest BCUT2D eigenvalue weighted by molar-refractivity contribution is 9.09. The molecular weight excluding hydrogens is 380 g/mol. The van der Waals surface area contributed by atoms with Crippen LogP contribution in [-0.4, -0.2) is 25.5 Å². The Morgan fingerprint density at radius 3 is 2.32 bits per heavy atom. The van der Waals surface area contributed by atoms with Crippen LogP contribution in [-0.2, 0) is 4.74 Å². The van der Waals surface area contributed by atoms with Crippen LogP contribution < -0.4 is 4.74 Å². The summed E-state index contributed by atoms with van der Waals surface area (Å²) in [4.78, 5) is 11.7. The Labute approximate surface area is 156 Å². The van der Waals surface area contributed by atoms with Gasteiger partial charge in [-0.25, -0.2) is 4.79 Å². The summed E-state index contributed by atoms with van der Waals surface area (Å²) in [5, 5.41) is 0.864. The smallest absolute Gasteiger partial charge is 0.341 e. The molecule has 126 valence electrons. The molecule has 0 aliphatic carbocycles. The molecule has 0 aromatic heterocycles. The number of hydrogen-bond donors (Lipinski definition) is 0. The normalized spacial score (nSPS) is 9.24. The summed E-state index contributed by atoms with van der Waals surface area (Å²) in [6.07, 6.45) is 0.808. The van der Waals surface area contributed by atoms with Gasteiger partial charge in [-0.05, 0) is 36.4 Å². The maximum absolute atomic E-state index is 11.7. The van der Waals surface area contributed by atoms with E-state index in [-0.39, 0.29) is 0 Å². The number of carbonyl (C=O) groups excluding carboxylic acids is 1. The van der Waals surface area contributed by atoms with Crippen molar-refractivity contribution in [2.45, 2.75) is 6.42 Å². The van der Waals surface area contributed by atoms with Crippen LogP contribution in [0.2, 0.25) is 0 Å². The third-order valence-electron chi connectivity index (χ3n) is 3.27. The summed E-state index contributed by atoms with van der Waals surface area (Å²) >= 11 is 3.35. The van der Waals surface area contributed by atoms with Gasteiger partial charge in [0.25, 0.3) is 0 Å². The van der Waals surface area contributed by atoms with Crippen LogP contribution in [0.25, 0.3) is 0 Å². The average molecular weight is 397 g/mol. The van der Waals surface area contributed by atoms with E-state index in [2.05, 4.69) is 39.6 Å². The van der Waals surface area contributed by atoms with Gasteiger partial charge in [-0.2, -0.15) is 0 Å². The van der Waals surface area contributed by atoms with Gasteiger partial charge in [-0.1, -0.05) is 45.7 Å². The first-order chi connectivity index (χ1) is 12.2. The molecule has 0 N–H and O–H groups in total. The van der Waals surface area contributed by atoms with E-state index >= 15 is 0 Å². The second-order valence-electron chi connectivity index (χ2n) is 4.98. The SMILES string of the molecule is COC(=O)c1ccc(C#Cc2cccc(C#CCCBr)c2)cc1OC. The largest absolute Gasteiger partial charge is 0.496 e. The van der Waals surface area contributed by atoms with Gasteiger partial charge in [0.1, 0.15) is 11.3 Å². The van der Waals surface area contributed by atoms with Gasteiger partial charge in [0.15, 0.2) is 0 Å². The van der Waals surface area contributed by atoms with Crippen LogP contribution in [0.15, 0.2) is 42.5 Å². The number of alkyl halides is 1. The fourth-order valence-corrected chi connectivity index (χ4v) is 2.28. The van der Waals surface area contributed by atoms with Crippen LogP contribution in [0.4, 0.5) is 0 Å². The van der Waals surface area contributed by atoms with Crippen molar-refractivity contribution in [1.29, 1.82) is 0 Å². The first kappa shape index (κ1) is 18.6. The second kappa shape index (κ2) is 9.57. The lowest BCUT2D eigenvalue weighted by atomic mass is 10.1. The fourth-order valence-electron chi connectivity index (χ4n) is 2.08. The van der Waals surface area contributed by atoms with Gasteiger partial charge in [0.05, 0.1) is 14.2 Å². The predicted molar refractivity (Wildman–Crippen MR) is 102 cm³/mol. The number of carbonyl (C=O) groups is 1. The van der Waals surface area contributed by atoms with Crippen LogP contribution in [0.5, 0.6) is 5.75 Å². The topological polar surface area (TPSA) is 35.5 Å². The van der Waals surface area contributed by atoms with Crippen molar-refractivity contribution in [3.05, 3.63) is 64.7 Å². The first-order valence-corrected chi connectivity index (χ1v) is 8.73. The molecule has 0 saturated heterocycles. The van der Waals surface area contributed by atoms with Crippen molar-refractivity contribution < 1.29 is 14.3 Å². The average Bonchev–Trinajstić information content (AvgIpc) is 2.66. The van der Waals surface area contributed by atoms with E-state index in [0.717, 1.165) is 28.4 Å². The summed E-state index contributed by atoms with van der Waals surface area (Å²) in [7, 11) is 2.84. The van der Waals surface area contributed by atoms with Crippen molar-refractivity contribution in [3.8, 4) is 29.4 Å². The van der Waals surface area contributed by atoms with Crippen molar-refractivity contribution in [3.63, 3.8) is 0 Å². The predicted octanol–water partition coefficient (Wildman–Crippen LogP) is 4.02. The number of rotatable bonds is 3. The number of hydrogen-bond acceptors (Lipinski definition) is 3. The van der Waals surface area contributed by atoms with Crippen LogP contribution in [0.3, 0.4) is 0 Å². The second-order valence-corrected chi connectivity index (χ2v) is 5.77. The summed E-state index contributed by atoms with van der Waals surface area (Å²) in [6, 6.07) is 12.9. The lowest BCUT2D eigenvalue weighted by molar-refractivity contribution is 0.0597. The summed E-state index contributed by atoms with van der Waals surface area (Å²) in [5.74, 6) is 12.4. The molecule has 0 amide bonds. The number of benzene rings is 2. The summed E-state index contributed by atoms with van der Waals surface area (Å²) < 4.78 is 9.97. The Balaban J connectivity index is 2.25. The number of methoxy groups -OCH3 is 2. The Morgan fingerprint density at radius 1 is 1.00 bits per heavy atom. The van der Waals surface area contributed by atoms with Gasteiger partial charge in [0, 0.05) is 28.4 Å². The van der Waals surface area contributed by atoms with E-state index in [1.807, 2.05) is 24.3 Å². The van der Waals surface area contributed by atoms with Crippen molar-refractivity contribution >= 4 is 21.9 Å². The lowest BCUT2D eigenvalue weighted by Crippen LogP contribution is -2.04. The molecule has 0 aliphatic rings. The van der Waals surface area contributed by atoms with Crippen LogP contribution >= 0.6 is 15.9 Å². The fraction of sp³-hybridized carbons (Fsp3) is 0.190. The maximum atomic E-state index is 11.7. The zero-order chi connectivity index (χ0) is 18.1. The van der Waals surface area contributed by atoms with E-state index in [0.29, 0.717) is 11.3 Å². The Hall–Kier alpha value is -2.69. The minimum Gasteiger partial charge on any atom is -0.496 e. The van der Waals surface area contributed by atoms with E-state index in [1.54, 1.807) is 18.2 Å². The molecule has 2 aromatic rings. The molecule has 0 unspecified atom stereocenters. The molecule has 0 fully saturated rings. The molecule has 0 spiro atoms. The van der Waals surface area contributed by atoms with Crippen molar-refractivity contribution in [2.75, 3.05) is 19.5 Å². The van der Waals surface area contributed by atoms with Gasteiger partial charge in [-0.15, -0.1) is 0 Å². The number of ether oxygens (including phenoxy) is 2. The molecule has 3 nitrogen and oxygen atoms in total. The molecule has 4 heteroatoms. The van der Waals surface area contributed by atoms with Crippen molar-refractivity contribution in [1.82, 2.24) is 0 Å². The zero-order valence-corrected chi connectivity index (χ0v) is 15.6. The minimum atomic E-state index is -0.439. The maximum Gasteiger partial charge on any atom is 0.341 e. The minimum absolute atomic E-state index is 0.375. The third kappa shape index (κ3) is 5.41. The van der Waals surface area contributed by atoms with Crippen molar-refractivity contribution in [2.24, 2.45) is 0 Å². The molecule has 25 heavy (non-hydrogen) atoms. The molecule has 0 heterocycles. The Kier molecular flexibility index (Phi) is 7.14. The highest BCUT2D eigenvalue weighted by Gasteiger charge is 2.12. The monoisotopic (exact) mass is 396 g/mol. The number of halogens is 1. The summed E-state index contributed by atoms with van der Waals surface area (Å²) in [5.41, 5.74) is 2.94. The van der Waals surface area contributed by atoms with Gasteiger partial charge < -0.3 is 9.47 Å². The molecule has 2 rings (SSSR count). The van der Waals surface area contributed by atoms with E-state index in [1.165, 1.54) is 14.2 Å². The number of esters is 1. The Bertz CT molecular complexity index is 879. The molecule has 0 bridgehead atoms. The molecule has 0 aliphatic heterocycles. The van der Waals surface area contributed by atoms with E-state index in [4.69, 9.17) is 9.47 Å². The van der Waals surface area contributed by atoms with Crippen LogP contribution in [0.1, 0.15) is 33.5 Å². The molecule has 0 radical (unpaired) electrons. The zero-order valence-electron chi connectivity index (χ0n) is 14.1.